The van der Waals surface area contributed by atoms with Crippen molar-refractivity contribution in [2.75, 3.05) is 6.61 Å². The van der Waals surface area contributed by atoms with E-state index in [4.69, 9.17) is 4.74 Å². The second kappa shape index (κ2) is 7.75. The lowest BCUT2D eigenvalue weighted by atomic mass is 10.0. The Morgan fingerprint density at radius 1 is 1.06 bits per heavy atom. The van der Waals surface area contributed by atoms with Gasteiger partial charge in [-0.05, 0) is 49.4 Å². The van der Waals surface area contributed by atoms with Crippen molar-refractivity contribution in [2.45, 2.75) is 13.1 Å². The number of H-pyrrole nitrogens is 1. The van der Waals surface area contributed by atoms with E-state index in [-0.39, 0.29) is 16.9 Å². The Morgan fingerprint density at radius 3 is 2.29 bits per heavy atom. The minimum absolute atomic E-state index is 0.0578. The first-order valence-corrected chi connectivity index (χ1v) is 9.31. The zero-order valence-corrected chi connectivity index (χ0v) is 16.2. The Labute approximate surface area is 174 Å². The van der Waals surface area contributed by atoms with Crippen LogP contribution in [0.2, 0.25) is 0 Å². The average molecular weight is 427 g/mol. The highest BCUT2D eigenvalue weighted by atomic mass is 19.4. The first-order valence-electron chi connectivity index (χ1n) is 9.31. The molecule has 0 aliphatic rings. The molecule has 9 heteroatoms. The SMILES string of the molecule is CCOc1ccc(-c2[nH]nc3nc(-c4ccc(C(F)(F)F)cc4)cc(C(=O)O)c23)cc1. The normalized spacial score (nSPS) is 11.6. The summed E-state index contributed by atoms with van der Waals surface area (Å²) in [4.78, 5) is 16.3. The van der Waals surface area contributed by atoms with Crippen LogP contribution in [0.1, 0.15) is 22.8 Å². The molecule has 4 rings (SSSR count). The first-order chi connectivity index (χ1) is 14.8. The van der Waals surface area contributed by atoms with Crippen molar-refractivity contribution < 1.29 is 27.8 Å². The number of benzene rings is 2. The molecule has 0 amide bonds. The van der Waals surface area contributed by atoms with Gasteiger partial charge in [0, 0.05) is 11.1 Å². The Kier molecular flexibility index (Phi) is 5.10. The Balaban J connectivity index is 1.81. The molecule has 0 saturated carbocycles. The monoisotopic (exact) mass is 427 g/mol. The van der Waals surface area contributed by atoms with E-state index in [0.29, 0.717) is 34.6 Å². The van der Waals surface area contributed by atoms with Crippen LogP contribution >= 0.6 is 0 Å². The minimum atomic E-state index is -4.46. The van der Waals surface area contributed by atoms with E-state index in [1.54, 1.807) is 24.3 Å². The van der Waals surface area contributed by atoms with Gasteiger partial charge in [-0.2, -0.15) is 18.3 Å². The Hall–Kier alpha value is -3.88. The maximum atomic E-state index is 12.8. The van der Waals surface area contributed by atoms with Gasteiger partial charge in [0.1, 0.15) is 5.75 Å². The molecule has 0 unspecified atom stereocenters. The predicted octanol–water partition coefficient (Wildman–Crippen LogP) is 5.41. The number of nitrogens with one attached hydrogen (secondary N) is 1. The highest BCUT2D eigenvalue weighted by molar-refractivity contribution is 6.08. The number of alkyl halides is 3. The number of aromatic amines is 1. The summed E-state index contributed by atoms with van der Waals surface area (Å²) in [5.74, 6) is -0.523. The van der Waals surface area contributed by atoms with Gasteiger partial charge in [-0.25, -0.2) is 9.78 Å². The second-order valence-corrected chi connectivity index (χ2v) is 6.69. The third-order valence-corrected chi connectivity index (χ3v) is 4.72. The number of halogens is 3. The molecule has 0 aliphatic carbocycles. The summed E-state index contributed by atoms with van der Waals surface area (Å²) in [6.45, 7) is 2.39. The number of ether oxygens (including phenoxy) is 1. The van der Waals surface area contributed by atoms with E-state index in [2.05, 4.69) is 15.2 Å². The van der Waals surface area contributed by atoms with E-state index >= 15 is 0 Å². The summed E-state index contributed by atoms with van der Waals surface area (Å²) < 4.78 is 43.9. The van der Waals surface area contributed by atoms with Crippen LogP contribution < -0.4 is 4.74 Å². The number of rotatable bonds is 5. The average Bonchev–Trinajstić information content (AvgIpc) is 3.17. The van der Waals surface area contributed by atoms with Gasteiger partial charge < -0.3 is 9.84 Å². The molecule has 0 saturated heterocycles. The largest absolute Gasteiger partial charge is 0.494 e. The van der Waals surface area contributed by atoms with Crippen LogP contribution in [-0.4, -0.2) is 32.9 Å². The van der Waals surface area contributed by atoms with Gasteiger partial charge in [0.05, 0.1) is 34.5 Å². The van der Waals surface area contributed by atoms with E-state index in [9.17, 15) is 23.1 Å². The quantitative estimate of drug-likeness (QED) is 0.445. The van der Waals surface area contributed by atoms with Gasteiger partial charge in [-0.1, -0.05) is 12.1 Å². The molecular formula is C22H16F3N3O3. The van der Waals surface area contributed by atoms with Gasteiger partial charge >= 0.3 is 12.1 Å². The lowest BCUT2D eigenvalue weighted by molar-refractivity contribution is -0.137. The zero-order chi connectivity index (χ0) is 22.2. The molecule has 0 atom stereocenters. The molecule has 6 nitrogen and oxygen atoms in total. The maximum absolute atomic E-state index is 12.8. The maximum Gasteiger partial charge on any atom is 0.416 e. The number of nitrogens with zero attached hydrogens (tertiary/aromatic N) is 2. The molecule has 0 radical (unpaired) electrons. The van der Waals surface area contributed by atoms with E-state index in [1.807, 2.05) is 6.92 Å². The Bertz CT molecular complexity index is 1250. The standard InChI is InChI=1S/C22H16F3N3O3/c1-2-31-15-9-5-13(6-10-15)19-18-16(21(29)30)11-17(26-20(18)28-27-19)12-3-7-14(8-4-12)22(23,24)25/h3-11H,2H2,1H3,(H,29,30)(H,26,27,28). The van der Waals surface area contributed by atoms with Crippen LogP contribution in [0.3, 0.4) is 0 Å². The van der Waals surface area contributed by atoms with Crippen molar-refractivity contribution in [1.29, 1.82) is 0 Å². The van der Waals surface area contributed by atoms with Crippen molar-refractivity contribution in [1.82, 2.24) is 15.2 Å². The molecule has 0 bridgehead atoms. The van der Waals surface area contributed by atoms with Crippen molar-refractivity contribution in [2.24, 2.45) is 0 Å². The molecule has 4 aromatic rings. The van der Waals surface area contributed by atoms with Crippen LogP contribution in [0.4, 0.5) is 13.2 Å². The number of aromatic carboxylic acids is 1. The fraction of sp³-hybridized carbons (Fsp3) is 0.136. The molecule has 2 aromatic carbocycles. The summed E-state index contributed by atoms with van der Waals surface area (Å²) in [5.41, 5.74) is 1.02. The molecule has 0 aliphatic heterocycles. The molecule has 158 valence electrons. The third-order valence-electron chi connectivity index (χ3n) is 4.72. The number of pyridine rings is 1. The van der Waals surface area contributed by atoms with Gasteiger partial charge in [0.2, 0.25) is 0 Å². The van der Waals surface area contributed by atoms with Crippen molar-refractivity contribution in [3.05, 3.63) is 65.7 Å². The number of carbonyl (C=O) groups is 1. The summed E-state index contributed by atoms with van der Waals surface area (Å²) >= 11 is 0. The van der Waals surface area contributed by atoms with Gasteiger partial charge in [0.25, 0.3) is 0 Å². The summed E-state index contributed by atoms with van der Waals surface area (Å²) in [7, 11) is 0. The molecule has 2 N–H and O–H groups in total. The van der Waals surface area contributed by atoms with Crippen molar-refractivity contribution in [3.8, 4) is 28.3 Å². The van der Waals surface area contributed by atoms with Crippen LogP contribution in [0.5, 0.6) is 5.75 Å². The van der Waals surface area contributed by atoms with E-state index in [1.165, 1.54) is 18.2 Å². The molecule has 2 aromatic heterocycles. The zero-order valence-electron chi connectivity index (χ0n) is 16.2. The molecule has 0 fully saturated rings. The predicted molar refractivity (Wildman–Crippen MR) is 108 cm³/mol. The second-order valence-electron chi connectivity index (χ2n) is 6.69. The summed E-state index contributed by atoms with van der Waals surface area (Å²) in [5, 5.41) is 17.0. The Morgan fingerprint density at radius 2 is 1.71 bits per heavy atom. The van der Waals surface area contributed by atoms with Crippen LogP contribution in [0.15, 0.2) is 54.6 Å². The number of carboxylic acid groups (broad SMARTS) is 1. The minimum Gasteiger partial charge on any atom is -0.494 e. The number of hydrogen-bond donors (Lipinski definition) is 2. The number of carboxylic acids is 1. The summed E-state index contributed by atoms with van der Waals surface area (Å²) in [6.07, 6.45) is -4.46. The van der Waals surface area contributed by atoms with Crippen LogP contribution in [0.25, 0.3) is 33.5 Å². The van der Waals surface area contributed by atoms with Gasteiger partial charge in [-0.3, -0.25) is 5.10 Å². The number of fused-ring (bicyclic) bond motifs is 1. The molecule has 0 spiro atoms. The van der Waals surface area contributed by atoms with E-state index in [0.717, 1.165) is 12.1 Å². The highest BCUT2D eigenvalue weighted by Gasteiger charge is 2.30. The fourth-order valence-corrected chi connectivity index (χ4v) is 3.26. The topological polar surface area (TPSA) is 88.1 Å². The third kappa shape index (κ3) is 3.94. The molecule has 31 heavy (non-hydrogen) atoms. The van der Waals surface area contributed by atoms with E-state index < -0.39 is 17.7 Å². The van der Waals surface area contributed by atoms with Gasteiger partial charge in [0.15, 0.2) is 5.65 Å². The van der Waals surface area contributed by atoms with Crippen LogP contribution in [-0.2, 0) is 6.18 Å². The first kappa shape index (κ1) is 20.4. The lowest BCUT2D eigenvalue weighted by Gasteiger charge is -2.09. The molecule has 2 heterocycles. The fourth-order valence-electron chi connectivity index (χ4n) is 3.26. The van der Waals surface area contributed by atoms with Crippen LogP contribution in [0, 0.1) is 0 Å². The number of aromatic nitrogens is 3. The van der Waals surface area contributed by atoms with Crippen molar-refractivity contribution in [3.63, 3.8) is 0 Å². The van der Waals surface area contributed by atoms with Gasteiger partial charge in [-0.15, -0.1) is 0 Å². The summed E-state index contributed by atoms with van der Waals surface area (Å²) in [6, 6.07) is 12.8. The smallest absolute Gasteiger partial charge is 0.416 e. The van der Waals surface area contributed by atoms with Crippen molar-refractivity contribution >= 4 is 17.0 Å². The highest BCUT2D eigenvalue weighted by Crippen LogP contribution is 2.34. The number of hydrogen-bond acceptors (Lipinski definition) is 4. The lowest BCUT2D eigenvalue weighted by Crippen LogP contribution is -2.04. The molecular weight excluding hydrogens is 411 g/mol.